The fourth-order valence-electron chi connectivity index (χ4n) is 3.95. The Morgan fingerprint density at radius 2 is 1.75 bits per heavy atom. The Morgan fingerprint density at radius 3 is 2.44 bits per heavy atom. The Bertz CT molecular complexity index is 878. The molecule has 6 nitrogen and oxygen atoms in total. The summed E-state index contributed by atoms with van der Waals surface area (Å²) in [6.45, 7) is 13.5. The second-order valence-corrected chi connectivity index (χ2v) is 8.36. The molecule has 0 spiro atoms. The molecule has 2 aromatic rings. The number of nitrogens with one attached hydrogen (secondary N) is 1. The van der Waals surface area contributed by atoms with Gasteiger partial charge < -0.3 is 19.5 Å². The van der Waals surface area contributed by atoms with Gasteiger partial charge in [0.15, 0.2) is 11.5 Å². The van der Waals surface area contributed by atoms with E-state index in [1.54, 1.807) is 0 Å². The van der Waals surface area contributed by atoms with Crippen LogP contribution in [0, 0.1) is 5.92 Å². The second kappa shape index (κ2) is 11.9. The monoisotopic (exact) mass is 440 g/mol. The summed E-state index contributed by atoms with van der Waals surface area (Å²) in [5, 5.41) is 3.23. The van der Waals surface area contributed by atoms with Crippen LogP contribution in [0.5, 0.6) is 11.5 Å². The highest BCUT2D eigenvalue weighted by atomic mass is 16.5. The molecule has 1 unspecified atom stereocenters. The molecule has 3 rings (SSSR count). The largest absolute Gasteiger partial charge is 0.490 e. The summed E-state index contributed by atoms with van der Waals surface area (Å²) < 4.78 is 16.9. The van der Waals surface area contributed by atoms with Crippen molar-refractivity contribution in [1.82, 2.24) is 10.2 Å². The number of morpholine rings is 1. The van der Waals surface area contributed by atoms with Crippen molar-refractivity contribution in [2.24, 2.45) is 5.92 Å². The number of amides is 1. The zero-order chi connectivity index (χ0) is 22.9. The van der Waals surface area contributed by atoms with E-state index in [1.165, 1.54) is 0 Å². The highest BCUT2D eigenvalue weighted by molar-refractivity contribution is 5.94. The van der Waals surface area contributed by atoms with E-state index < -0.39 is 0 Å². The number of hydrogen-bond acceptors (Lipinski definition) is 5. The summed E-state index contributed by atoms with van der Waals surface area (Å²) in [7, 11) is 0. The highest BCUT2D eigenvalue weighted by Crippen LogP contribution is 2.33. The molecule has 0 radical (unpaired) electrons. The minimum Gasteiger partial charge on any atom is -0.490 e. The fraction of sp³-hybridized carbons (Fsp3) is 0.500. The van der Waals surface area contributed by atoms with Gasteiger partial charge in [0.2, 0.25) is 0 Å². The van der Waals surface area contributed by atoms with Crippen LogP contribution in [-0.4, -0.2) is 50.3 Å². The summed E-state index contributed by atoms with van der Waals surface area (Å²) in [5.74, 6) is 1.57. The fourth-order valence-corrected chi connectivity index (χ4v) is 3.95. The molecule has 0 aliphatic carbocycles. The molecule has 1 aliphatic rings. The lowest BCUT2D eigenvalue weighted by molar-refractivity contribution is 0.0342. The molecule has 1 atom stereocenters. The maximum atomic E-state index is 13.2. The summed E-state index contributed by atoms with van der Waals surface area (Å²) in [6, 6.07) is 13.7. The molecule has 2 aromatic carbocycles. The molecule has 0 aromatic heterocycles. The second-order valence-electron chi connectivity index (χ2n) is 8.36. The molecule has 0 bridgehead atoms. The van der Waals surface area contributed by atoms with Crippen molar-refractivity contribution in [2.75, 3.05) is 39.5 Å². The average molecular weight is 441 g/mol. The van der Waals surface area contributed by atoms with Gasteiger partial charge in [-0.3, -0.25) is 9.69 Å². The summed E-state index contributed by atoms with van der Waals surface area (Å²) >= 11 is 0. The molecular weight excluding hydrogens is 404 g/mol. The zero-order valence-electron chi connectivity index (χ0n) is 19.7. The predicted molar refractivity (Wildman–Crippen MR) is 126 cm³/mol. The van der Waals surface area contributed by atoms with E-state index in [9.17, 15) is 4.79 Å². The van der Waals surface area contributed by atoms with Crippen LogP contribution in [0.25, 0.3) is 0 Å². The van der Waals surface area contributed by atoms with Crippen LogP contribution in [-0.2, 0) is 11.3 Å². The quantitative estimate of drug-likeness (QED) is 0.592. The molecule has 0 saturated carbocycles. The van der Waals surface area contributed by atoms with Gasteiger partial charge in [0.25, 0.3) is 5.91 Å². The van der Waals surface area contributed by atoms with Crippen LogP contribution >= 0.6 is 0 Å². The van der Waals surface area contributed by atoms with Gasteiger partial charge in [-0.25, -0.2) is 0 Å². The van der Waals surface area contributed by atoms with Crippen molar-refractivity contribution in [3.05, 3.63) is 59.2 Å². The van der Waals surface area contributed by atoms with Gasteiger partial charge in [-0.05, 0) is 55.2 Å². The van der Waals surface area contributed by atoms with E-state index in [0.29, 0.717) is 24.5 Å². The first-order chi connectivity index (χ1) is 15.5. The van der Waals surface area contributed by atoms with Gasteiger partial charge >= 0.3 is 0 Å². The van der Waals surface area contributed by atoms with Gasteiger partial charge in [0.1, 0.15) is 0 Å². The van der Waals surface area contributed by atoms with Crippen LogP contribution in [0.3, 0.4) is 0 Å². The van der Waals surface area contributed by atoms with Crippen molar-refractivity contribution in [3.8, 4) is 11.5 Å². The lowest BCUT2D eigenvalue weighted by Gasteiger charge is -2.27. The SMILES string of the molecule is CCOc1ccc(C(NC(=O)c2cccc(CN3CCOCC3)c2)C(C)C)cc1OCC. The van der Waals surface area contributed by atoms with E-state index in [0.717, 1.165) is 49.7 Å². The van der Waals surface area contributed by atoms with Gasteiger partial charge in [-0.1, -0.05) is 32.0 Å². The molecule has 1 N–H and O–H groups in total. The van der Waals surface area contributed by atoms with Crippen LogP contribution in [0.1, 0.15) is 55.2 Å². The Kier molecular flexibility index (Phi) is 8.94. The minimum atomic E-state index is -0.139. The number of nitrogens with zero attached hydrogens (tertiary/aromatic N) is 1. The van der Waals surface area contributed by atoms with Crippen LogP contribution in [0.4, 0.5) is 0 Å². The lowest BCUT2D eigenvalue weighted by Crippen LogP contribution is -2.35. The molecule has 1 saturated heterocycles. The molecule has 6 heteroatoms. The maximum Gasteiger partial charge on any atom is 0.251 e. The van der Waals surface area contributed by atoms with Crippen molar-refractivity contribution in [1.29, 1.82) is 0 Å². The molecule has 32 heavy (non-hydrogen) atoms. The molecule has 1 heterocycles. The third-order valence-electron chi connectivity index (χ3n) is 5.58. The van der Waals surface area contributed by atoms with Crippen LogP contribution in [0.15, 0.2) is 42.5 Å². The first-order valence-corrected chi connectivity index (χ1v) is 11.6. The van der Waals surface area contributed by atoms with Crippen LogP contribution in [0.2, 0.25) is 0 Å². The number of benzene rings is 2. The highest BCUT2D eigenvalue weighted by Gasteiger charge is 2.21. The first-order valence-electron chi connectivity index (χ1n) is 11.6. The van der Waals surface area contributed by atoms with Crippen molar-refractivity contribution in [3.63, 3.8) is 0 Å². The lowest BCUT2D eigenvalue weighted by atomic mass is 9.95. The third-order valence-corrected chi connectivity index (χ3v) is 5.58. The summed E-state index contributed by atoms with van der Waals surface area (Å²) in [5.41, 5.74) is 2.82. The van der Waals surface area contributed by atoms with E-state index in [4.69, 9.17) is 14.2 Å². The summed E-state index contributed by atoms with van der Waals surface area (Å²) in [4.78, 5) is 15.5. The zero-order valence-corrected chi connectivity index (χ0v) is 19.7. The third kappa shape index (κ3) is 6.47. The number of rotatable bonds is 10. The van der Waals surface area contributed by atoms with E-state index in [2.05, 4.69) is 30.1 Å². The minimum absolute atomic E-state index is 0.0700. The Labute approximate surface area is 191 Å². The Morgan fingerprint density at radius 1 is 1.03 bits per heavy atom. The van der Waals surface area contributed by atoms with Crippen molar-refractivity contribution >= 4 is 5.91 Å². The van der Waals surface area contributed by atoms with Crippen LogP contribution < -0.4 is 14.8 Å². The van der Waals surface area contributed by atoms with Gasteiger partial charge in [0.05, 0.1) is 32.5 Å². The Balaban J connectivity index is 1.75. The van der Waals surface area contributed by atoms with Crippen molar-refractivity contribution < 1.29 is 19.0 Å². The molecule has 1 aliphatic heterocycles. The Hall–Kier alpha value is -2.57. The average Bonchev–Trinajstić information content (AvgIpc) is 2.79. The number of hydrogen-bond donors (Lipinski definition) is 1. The molecular formula is C26H36N2O4. The number of carbonyl (C=O) groups excluding carboxylic acids is 1. The van der Waals surface area contributed by atoms with Gasteiger partial charge in [-0.15, -0.1) is 0 Å². The van der Waals surface area contributed by atoms with E-state index >= 15 is 0 Å². The molecule has 1 fully saturated rings. The maximum absolute atomic E-state index is 13.2. The molecule has 174 valence electrons. The number of ether oxygens (including phenoxy) is 3. The van der Waals surface area contributed by atoms with Gasteiger partial charge in [-0.2, -0.15) is 0 Å². The first kappa shape index (κ1) is 24.1. The smallest absolute Gasteiger partial charge is 0.251 e. The normalized spacial score (nSPS) is 15.4. The number of carbonyl (C=O) groups is 1. The van der Waals surface area contributed by atoms with E-state index in [-0.39, 0.29) is 17.9 Å². The topological polar surface area (TPSA) is 60.0 Å². The van der Waals surface area contributed by atoms with Crippen molar-refractivity contribution in [2.45, 2.75) is 40.3 Å². The molecule has 1 amide bonds. The summed E-state index contributed by atoms with van der Waals surface area (Å²) in [6.07, 6.45) is 0. The van der Waals surface area contributed by atoms with Gasteiger partial charge in [0, 0.05) is 25.2 Å². The standard InChI is InChI=1S/C26H36N2O4/c1-5-31-23-11-10-21(17-24(23)32-6-2)25(19(3)4)27-26(29)22-9-7-8-20(16-22)18-28-12-14-30-15-13-28/h7-11,16-17,19,25H,5-6,12-15,18H2,1-4H3,(H,27,29). The van der Waals surface area contributed by atoms with E-state index in [1.807, 2.05) is 50.2 Å². The predicted octanol–water partition coefficient (Wildman–Crippen LogP) is 4.44.